The highest BCUT2D eigenvalue weighted by molar-refractivity contribution is 6.30. The topological polar surface area (TPSA) is 50.3 Å². The second-order valence-electron chi connectivity index (χ2n) is 6.01. The predicted octanol–water partition coefficient (Wildman–Crippen LogP) is 4.84. The number of imide groups is 1. The van der Waals surface area contributed by atoms with Gasteiger partial charge >= 0.3 is 0 Å². The molecule has 0 aliphatic heterocycles. The van der Waals surface area contributed by atoms with Gasteiger partial charge in [-0.15, -0.1) is 0 Å². The molecule has 0 bridgehead atoms. The Hall–Kier alpha value is -2.98. The molecule has 26 heavy (non-hydrogen) atoms. The molecule has 0 spiro atoms. The fourth-order valence-electron chi connectivity index (χ4n) is 2.45. The summed E-state index contributed by atoms with van der Waals surface area (Å²) >= 11 is 5.89. The van der Waals surface area contributed by atoms with Crippen LogP contribution in [0.5, 0.6) is 0 Å². The SMILES string of the molecule is Cc1ccc(C(=O)N(C(=O)c2ccc(C)cc2)c2ccc(Cl)cn2)cc1. The minimum Gasteiger partial charge on any atom is -0.268 e. The number of amides is 2. The van der Waals surface area contributed by atoms with Crippen molar-refractivity contribution in [3.05, 3.63) is 94.1 Å². The Bertz CT molecular complexity index is 876. The average molecular weight is 365 g/mol. The van der Waals surface area contributed by atoms with E-state index in [0.29, 0.717) is 16.1 Å². The van der Waals surface area contributed by atoms with E-state index < -0.39 is 11.8 Å². The quantitative estimate of drug-likeness (QED) is 0.625. The largest absolute Gasteiger partial charge is 0.268 e. The summed E-state index contributed by atoms with van der Waals surface area (Å²) in [5.41, 5.74) is 2.88. The van der Waals surface area contributed by atoms with Crippen LogP contribution in [0.3, 0.4) is 0 Å². The smallest absolute Gasteiger partial charge is 0.266 e. The lowest BCUT2D eigenvalue weighted by molar-refractivity contribution is 0.0896. The van der Waals surface area contributed by atoms with E-state index in [0.717, 1.165) is 16.0 Å². The molecule has 0 N–H and O–H groups in total. The maximum atomic E-state index is 13.1. The Labute approximate surface area is 157 Å². The Morgan fingerprint density at radius 2 is 1.23 bits per heavy atom. The van der Waals surface area contributed by atoms with Crippen LogP contribution < -0.4 is 4.90 Å². The van der Waals surface area contributed by atoms with Crippen LogP contribution in [0, 0.1) is 13.8 Å². The summed E-state index contributed by atoms with van der Waals surface area (Å²) in [4.78, 5) is 31.3. The van der Waals surface area contributed by atoms with Gasteiger partial charge in [-0.1, -0.05) is 47.0 Å². The first-order valence-electron chi connectivity index (χ1n) is 8.09. The Balaban J connectivity index is 2.05. The zero-order valence-electron chi connectivity index (χ0n) is 14.4. The van der Waals surface area contributed by atoms with Gasteiger partial charge in [0.1, 0.15) is 5.82 Å². The van der Waals surface area contributed by atoms with E-state index in [4.69, 9.17) is 11.6 Å². The fourth-order valence-corrected chi connectivity index (χ4v) is 2.56. The first kappa shape index (κ1) is 17.8. The lowest BCUT2D eigenvalue weighted by Gasteiger charge is -2.20. The monoisotopic (exact) mass is 364 g/mol. The third-order valence-electron chi connectivity index (χ3n) is 3.94. The van der Waals surface area contributed by atoms with Crippen molar-refractivity contribution in [2.24, 2.45) is 0 Å². The van der Waals surface area contributed by atoms with Crippen LogP contribution in [0.15, 0.2) is 66.9 Å². The molecule has 4 nitrogen and oxygen atoms in total. The lowest BCUT2D eigenvalue weighted by Crippen LogP contribution is -2.37. The van der Waals surface area contributed by atoms with Crippen molar-refractivity contribution in [2.45, 2.75) is 13.8 Å². The van der Waals surface area contributed by atoms with E-state index in [9.17, 15) is 9.59 Å². The average Bonchev–Trinajstić information content (AvgIpc) is 2.64. The summed E-state index contributed by atoms with van der Waals surface area (Å²) in [7, 11) is 0. The number of carbonyl (C=O) groups excluding carboxylic acids is 2. The number of hydrogen-bond acceptors (Lipinski definition) is 3. The number of hydrogen-bond donors (Lipinski definition) is 0. The van der Waals surface area contributed by atoms with Crippen molar-refractivity contribution in [1.29, 1.82) is 0 Å². The van der Waals surface area contributed by atoms with Gasteiger partial charge in [0.15, 0.2) is 0 Å². The summed E-state index contributed by atoms with van der Waals surface area (Å²) in [6.45, 7) is 3.87. The standard InChI is InChI=1S/C21H17ClN2O2/c1-14-3-7-16(8-4-14)20(25)24(19-12-11-18(22)13-23-19)21(26)17-9-5-15(2)6-10-17/h3-13H,1-2H3. The number of aryl methyl sites for hydroxylation is 2. The van der Waals surface area contributed by atoms with Gasteiger partial charge < -0.3 is 0 Å². The number of pyridine rings is 1. The summed E-state index contributed by atoms with van der Waals surface area (Å²) in [6.07, 6.45) is 1.41. The third-order valence-corrected chi connectivity index (χ3v) is 4.17. The number of rotatable bonds is 3. The molecule has 0 saturated carbocycles. The number of nitrogens with zero attached hydrogens (tertiary/aromatic N) is 2. The third kappa shape index (κ3) is 3.81. The van der Waals surface area contributed by atoms with Gasteiger partial charge in [0.05, 0.1) is 5.02 Å². The van der Waals surface area contributed by atoms with Crippen LogP contribution in [-0.4, -0.2) is 16.8 Å². The molecule has 130 valence electrons. The highest BCUT2D eigenvalue weighted by Gasteiger charge is 2.27. The van der Waals surface area contributed by atoms with Crippen molar-refractivity contribution in [3.63, 3.8) is 0 Å². The van der Waals surface area contributed by atoms with Crippen LogP contribution >= 0.6 is 11.6 Å². The number of anilines is 1. The Kier molecular flexibility index (Phi) is 5.14. The van der Waals surface area contributed by atoms with Gasteiger partial charge in [-0.3, -0.25) is 9.59 Å². The molecule has 0 radical (unpaired) electrons. The zero-order chi connectivity index (χ0) is 18.7. The van der Waals surface area contributed by atoms with Gasteiger partial charge in [0.2, 0.25) is 0 Å². The van der Waals surface area contributed by atoms with Crippen molar-refractivity contribution < 1.29 is 9.59 Å². The minimum absolute atomic E-state index is 0.227. The molecule has 5 heteroatoms. The highest BCUT2D eigenvalue weighted by Crippen LogP contribution is 2.20. The van der Waals surface area contributed by atoms with Gasteiger partial charge in [0.25, 0.3) is 11.8 Å². The first-order chi connectivity index (χ1) is 12.5. The molecule has 0 saturated heterocycles. The van der Waals surface area contributed by atoms with Gasteiger partial charge in [-0.05, 0) is 50.2 Å². The summed E-state index contributed by atoms with van der Waals surface area (Å²) in [6, 6.07) is 17.3. The van der Waals surface area contributed by atoms with Crippen molar-refractivity contribution >= 4 is 29.2 Å². The second-order valence-corrected chi connectivity index (χ2v) is 6.45. The number of halogens is 1. The number of benzene rings is 2. The molecule has 0 atom stereocenters. The maximum Gasteiger partial charge on any atom is 0.266 e. The summed E-state index contributed by atoms with van der Waals surface area (Å²) < 4.78 is 0. The molecule has 0 aliphatic rings. The molecule has 0 aliphatic carbocycles. The van der Waals surface area contributed by atoms with Crippen LogP contribution in [0.1, 0.15) is 31.8 Å². The molecule has 1 heterocycles. The molecule has 0 unspecified atom stereocenters. The van der Waals surface area contributed by atoms with Crippen molar-refractivity contribution in [2.75, 3.05) is 4.90 Å². The predicted molar refractivity (Wildman–Crippen MR) is 103 cm³/mol. The Morgan fingerprint density at radius 3 is 1.62 bits per heavy atom. The molecule has 3 aromatic rings. The summed E-state index contributed by atoms with van der Waals surface area (Å²) in [5.74, 6) is -0.652. The molecule has 2 aromatic carbocycles. The molecule has 3 rings (SSSR count). The Morgan fingerprint density at radius 1 is 0.769 bits per heavy atom. The van der Waals surface area contributed by atoms with Crippen molar-refractivity contribution in [3.8, 4) is 0 Å². The minimum atomic E-state index is -0.439. The van der Waals surface area contributed by atoms with E-state index in [1.807, 2.05) is 38.1 Å². The van der Waals surface area contributed by atoms with Gasteiger partial charge in [-0.25, -0.2) is 9.88 Å². The van der Waals surface area contributed by atoms with Crippen LogP contribution in [0.2, 0.25) is 5.02 Å². The van der Waals surface area contributed by atoms with Gasteiger partial charge in [0, 0.05) is 17.3 Å². The second kappa shape index (κ2) is 7.50. The van der Waals surface area contributed by atoms with E-state index in [-0.39, 0.29) is 5.82 Å². The lowest BCUT2D eigenvalue weighted by atomic mass is 10.1. The molecular formula is C21H17ClN2O2. The fraction of sp³-hybridized carbons (Fsp3) is 0.0952. The van der Waals surface area contributed by atoms with Gasteiger partial charge in [-0.2, -0.15) is 0 Å². The highest BCUT2D eigenvalue weighted by atomic mass is 35.5. The zero-order valence-corrected chi connectivity index (χ0v) is 15.2. The van der Waals surface area contributed by atoms with Crippen LogP contribution in [0.4, 0.5) is 5.82 Å². The maximum absolute atomic E-state index is 13.1. The number of carbonyl (C=O) groups is 2. The number of aromatic nitrogens is 1. The van der Waals surface area contributed by atoms with E-state index in [1.54, 1.807) is 36.4 Å². The normalized spacial score (nSPS) is 10.4. The van der Waals surface area contributed by atoms with Crippen LogP contribution in [-0.2, 0) is 0 Å². The van der Waals surface area contributed by atoms with Crippen molar-refractivity contribution in [1.82, 2.24) is 4.98 Å². The van der Waals surface area contributed by atoms with E-state index in [1.165, 1.54) is 6.20 Å². The first-order valence-corrected chi connectivity index (χ1v) is 8.47. The van der Waals surface area contributed by atoms with Crippen LogP contribution in [0.25, 0.3) is 0 Å². The molecular weight excluding hydrogens is 348 g/mol. The molecule has 2 amide bonds. The van der Waals surface area contributed by atoms with E-state index in [2.05, 4.69) is 4.98 Å². The van der Waals surface area contributed by atoms with E-state index >= 15 is 0 Å². The molecule has 1 aromatic heterocycles. The summed E-state index contributed by atoms with van der Waals surface area (Å²) in [5, 5.41) is 0.430. The molecule has 0 fully saturated rings.